The van der Waals surface area contributed by atoms with Crippen molar-refractivity contribution in [3.8, 4) is 6.07 Å². The molecule has 0 bridgehead atoms. The molecule has 4 heteroatoms. The van der Waals surface area contributed by atoms with Gasteiger partial charge in [-0.25, -0.2) is 0 Å². The molecule has 2 heterocycles. The minimum atomic E-state index is 0.869. The van der Waals surface area contributed by atoms with Crippen molar-refractivity contribution in [2.45, 2.75) is 19.9 Å². The lowest BCUT2D eigenvalue weighted by atomic mass is 10.0. The van der Waals surface area contributed by atoms with Gasteiger partial charge in [-0.05, 0) is 18.5 Å². The van der Waals surface area contributed by atoms with Crippen LogP contribution < -0.4 is 5.32 Å². The number of hydrogen-bond donors (Lipinski definition) is 1. The third-order valence-corrected chi connectivity index (χ3v) is 4.16. The molecule has 1 aliphatic heterocycles. The summed E-state index contributed by atoms with van der Waals surface area (Å²) < 4.78 is 0. The maximum atomic E-state index is 9.12. The zero-order chi connectivity index (χ0) is 10.8. The van der Waals surface area contributed by atoms with Crippen LogP contribution >= 0.6 is 11.3 Å². The molecule has 3 nitrogen and oxygen atoms in total. The van der Waals surface area contributed by atoms with Crippen molar-refractivity contribution >= 4 is 16.3 Å². The number of nitrogens with one attached hydrogen (secondary N) is 1. The number of fused-ring (bicyclic) bond motifs is 1. The maximum absolute atomic E-state index is 9.12. The molecular formula is C11H15N3S. The Kier molecular flexibility index (Phi) is 2.94. The summed E-state index contributed by atoms with van der Waals surface area (Å²) in [4.78, 5) is 3.78. The number of hydrogen-bond acceptors (Lipinski definition) is 4. The minimum absolute atomic E-state index is 0.869. The molecule has 0 aliphatic carbocycles. The minimum Gasteiger partial charge on any atom is -0.379 e. The topological polar surface area (TPSA) is 39.1 Å². The molecule has 1 N–H and O–H groups in total. The average Bonchev–Trinajstić information content (AvgIpc) is 2.65. The van der Waals surface area contributed by atoms with E-state index in [-0.39, 0.29) is 0 Å². The second kappa shape index (κ2) is 4.21. The van der Waals surface area contributed by atoms with Crippen molar-refractivity contribution < 1.29 is 0 Å². The Morgan fingerprint density at radius 2 is 2.40 bits per heavy atom. The van der Waals surface area contributed by atoms with E-state index in [1.807, 2.05) is 7.05 Å². The fraction of sp³-hybridized carbons (Fsp3) is 0.545. The molecule has 80 valence electrons. The van der Waals surface area contributed by atoms with E-state index in [2.05, 4.69) is 23.2 Å². The van der Waals surface area contributed by atoms with Crippen LogP contribution in [0.1, 0.15) is 22.9 Å². The second-order valence-electron chi connectivity index (χ2n) is 3.69. The predicted octanol–water partition coefficient (Wildman–Crippen LogP) is 2.04. The van der Waals surface area contributed by atoms with E-state index in [0.717, 1.165) is 36.6 Å². The van der Waals surface area contributed by atoms with Gasteiger partial charge in [0.05, 0.1) is 5.56 Å². The highest BCUT2D eigenvalue weighted by molar-refractivity contribution is 7.16. The molecule has 1 aromatic heterocycles. The summed E-state index contributed by atoms with van der Waals surface area (Å²) in [7, 11) is 1.88. The van der Waals surface area contributed by atoms with Crippen molar-refractivity contribution in [3.63, 3.8) is 0 Å². The van der Waals surface area contributed by atoms with E-state index in [9.17, 15) is 0 Å². The smallest absolute Gasteiger partial charge is 0.107 e. The third kappa shape index (κ3) is 1.73. The Balaban J connectivity index is 2.38. The molecule has 0 atom stereocenters. The van der Waals surface area contributed by atoms with E-state index in [0.29, 0.717) is 0 Å². The Morgan fingerprint density at radius 1 is 1.60 bits per heavy atom. The zero-order valence-electron chi connectivity index (χ0n) is 9.13. The first-order valence-electron chi connectivity index (χ1n) is 5.24. The van der Waals surface area contributed by atoms with Crippen molar-refractivity contribution in [2.75, 3.05) is 25.5 Å². The van der Waals surface area contributed by atoms with Crippen molar-refractivity contribution in [2.24, 2.45) is 0 Å². The Labute approximate surface area is 94.3 Å². The van der Waals surface area contributed by atoms with Crippen LogP contribution in [-0.2, 0) is 13.0 Å². The van der Waals surface area contributed by atoms with Gasteiger partial charge in [0.25, 0.3) is 0 Å². The van der Waals surface area contributed by atoms with E-state index in [4.69, 9.17) is 5.26 Å². The molecule has 0 unspecified atom stereocenters. The summed E-state index contributed by atoms with van der Waals surface area (Å²) in [5.74, 6) is 0. The lowest BCUT2D eigenvalue weighted by Gasteiger charge is -2.24. The number of nitriles is 1. The molecule has 0 aromatic carbocycles. The van der Waals surface area contributed by atoms with Crippen LogP contribution in [0, 0.1) is 11.3 Å². The highest BCUT2D eigenvalue weighted by Crippen LogP contribution is 2.36. The fourth-order valence-corrected chi connectivity index (χ4v) is 3.21. The molecule has 0 saturated heterocycles. The standard InChI is InChI=1S/C11H15N3S/c1-3-14-5-4-8-9(6-12)11(13-2)15-10(8)7-14/h13H,3-5,7H2,1-2H3. The van der Waals surface area contributed by atoms with E-state index < -0.39 is 0 Å². The van der Waals surface area contributed by atoms with Crippen LogP contribution in [0.2, 0.25) is 0 Å². The number of nitrogens with zero attached hydrogens (tertiary/aromatic N) is 2. The summed E-state index contributed by atoms with van der Waals surface area (Å²) >= 11 is 1.73. The molecule has 0 amide bonds. The molecule has 2 rings (SSSR count). The highest BCUT2D eigenvalue weighted by atomic mass is 32.1. The van der Waals surface area contributed by atoms with Gasteiger partial charge < -0.3 is 5.32 Å². The first-order valence-corrected chi connectivity index (χ1v) is 6.06. The number of rotatable bonds is 2. The van der Waals surface area contributed by atoms with Gasteiger partial charge >= 0.3 is 0 Å². The number of likely N-dealkylation sites (N-methyl/N-ethyl adjacent to an activating group) is 1. The lowest BCUT2D eigenvalue weighted by molar-refractivity contribution is 0.271. The molecule has 0 fully saturated rings. The fourth-order valence-electron chi connectivity index (χ4n) is 2.02. The molecule has 15 heavy (non-hydrogen) atoms. The quantitative estimate of drug-likeness (QED) is 0.830. The summed E-state index contributed by atoms with van der Waals surface area (Å²) in [6, 6.07) is 2.32. The SMILES string of the molecule is CCN1CCc2c(sc(NC)c2C#N)C1. The summed E-state index contributed by atoms with van der Waals surface area (Å²) in [5.41, 5.74) is 2.14. The Bertz CT molecular complexity index is 403. The van der Waals surface area contributed by atoms with Crippen LogP contribution in [0.3, 0.4) is 0 Å². The molecule has 0 radical (unpaired) electrons. The third-order valence-electron chi connectivity index (χ3n) is 2.92. The summed E-state index contributed by atoms with van der Waals surface area (Å²) in [5, 5.41) is 13.3. The average molecular weight is 221 g/mol. The van der Waals surface area contributed by atoms with E-state index >= 15 is 0 Å². The van der Waals surface area contributed by atoms with Crippen LogP contribution in [0.4, 0.5) is 5.00 Å². The lowest BCUT2D eigenvalue weighted by Crippen LogP contribution is -2.29. The van der Waals surface area contributed by atoms with Crippen molar-refractivity contribution in [1.82, 2.24) is 4.90 Å². The van der Waals surface area contributed by atoms with Crippen LogP contribution in [0.15, 0.2) is 0 Å². The molecule has 1 aromatic rings. The van der Waals surface area contributed by atoms with Crippen molar-refractivity contribution in [1.29, 1.82) is 5.26 Å². The van der Waals surface area contributed by atoms with E-state index in [1.54, 1.807) is 11.3 Å². The van der Waals surface area contributed by atoms with E-state index in [1.165, 1.54) is 10.4 Å². The van der Waals surface area contributed by atoms with Gasteiger partial charge in [-0.1, -0.05) is 6.92 Å². The second-order valence-corrected chi connectivity index (χ2v) is 4.79. The van der Waals surface area contributed by atoms with Crippen molar-refractivity contribution in [3.05, 3.63) is 16.0 Å². The van der Waals surface area contributed by atoms with Crippen LogP contribution in [0.25, 0.3) is 0 Å². The number of anilines is 1. The molecule has 0 saturated carbocycles. The van der Waals surface area contributed by atoms with Gasteiger partial charge in [-0.15, -0.1) is 11.3 Å². The first kappa shape index (κ1) is 10.5. The van der Waals surface area contributed by atoms with Crippen LogP contribution in [-0.4, -0.2) is 25.0 Å². The Hall–Kier alpha value is -1.05. The normalized spacial score (nSPS) is 15.8. The first-order chi connectivity index (χ1) is 7.30. The van der Waals surface area contributed by atoms with Gasteiger partial charge in [0.15, 0.2) is 0 Å². The molecule has 0 spiro atoms. The Morgan fingerprint density at radius 3 is 3.00 bits per heavy atom. The number of thiophene rings is 1. The largest absolute Gasteiger partial charge is 0.379 e. The van der Waals surface area contributed by atoms with Gasteiger partial charge in [0.2, 0.25) is 0 Å². The molecule has 1 aliphatic rings. The van der Waals surface area contributed by atoms with Gasteiger partial charge in [-0.3, -0.25) is 4.90 Å². The zero-order valence-corrected chi connectivity index (χ0v) is 9.95. The predicted molar refractivity (Wildman–Crippen MR) is 63.2 cm³/mol. The van der Waals surface area contributed by atoms with Gasteiger partial charge in [0.1, 0.15) is 11.1 Å². The monoisotopic (exact) mass is 221 g/mol. The molecular weight excluding hydrogens is 206 g/mol. The summed E-state index contributed by atoms with van der Waals surface area (Å²) in [6.45, 7) is 5.36. The van der Waals surface area contributed by atoms with Crippen LogP contribution in [0.5, 0.6) is 0 Å². The summed E-state index contributed by atoms with van der Waals surface area (Å²) in [6.07, 6.45) is 1.02. The van der Waals surface area contributed by atoms with Gasteiger partial charge in [-0.2, -0.15) is 5.26 Å². The maximum Gasteiger partial charge on any atom is 0.107 e. The van der Waals surface area contributed by atoms with Gasteiger partial charge in [0, 0.05) is 25.0 Å². The highest BCUT2D eigenvalue weighted by Gasteiger charge is 2.22.